The molecule has 0 nitrogen and oxygen atoms in total. The zero-order valence-corrected chi connectivity index (χ0v) is 12.6. The Bertz CT molecular complexity index is 362. The summed E-state index contributed by atoms with van der Waals surface area (Å²) < 4.78 is 3.04. The molecule has 0 fully saturated rings. The van der Waals surface area contributed by atoms with Crippen molar-refractivity contribution in [1.29, 1.82) is 0 Å². The van der Waals surface area contributed by atoms with Crippen LogP contribution in [-0.2, 0) is 0 Å². The van der Waals surface area contributed by atoms with Gasteiger partial charge in [-0.2, -0.15) is 0 Å². The van der Waals surface area contributed by atoms with Crippen LogP contribution in [0.15, 0.2) is 53.0 Å². The fourth-order valence-corrected chi connectivity index (χ4v) is 4.03. The molecule has 0 unspecified atom stereocenters. The van der Waals surface area contributed by atoms with Gasteiger partial charge in [0.05, 0.1) is 0 Å². The summed E-state index contributed by atoms with van der Waals surface area (Å²) in [5, 5.41) is 0. The molecule has 0 aromatic heterocycles. The Morgan fingerprint density at radius 2 is 1.76 bits per heavy atom. The molecule has 0 aliphatic rings. The molecule has 0 heterocycles. The zero-order chi connectivity index (χ0) is 12.5. The molecule has 0 saturated heterocycles. The van der Waals surface area contributed by atoms with Crippen molar-refractivity contribution in [2.45, 2.75) is 39.5 Å². The number of hydrogen-bond donors (Lipinski definition) is 0. The molecule has 1 aromatic carbocycles. The first kappa shape index (κ1) is 14.3. The molecule has 17 heavy (non-hydrogen) atoms. The third-order valence-electron chi connectivity index (χ3n) is 2.42. The van der Waals surface area contributed by atoms with Gasteiger partial charge in [-0.3, -0.25) is 0 Å². The summed E-state index contributed by atoms with van der Waals surface area (Å²) in [7, 11) is 0. The molecule has 1 heteroatoms. The molecular weight excluding hydrogens is 271 g/mol. The van der Waals surface area contributed by atoms with E-state index in [1.807, 2.05) is 0 Å². The molecule has 0 aliphatic heterocycles. The Morgan fingerprint density at radius 1 is 1.12 bits per heavy atom. The van der Waals surface area contributed by atoms with E-state index >= 15 is 0 Å². The van der Waals surface area contributed by atoms with Crippen molar-refractivity contribution >= 4 is 19.4 Å². The van der Waals surface area contributed by atoms with Crippen molar-refractivity contribution in [3.8, 4) is 0 Å². The van der Waals surface area contributed by atoms with Crippen molar-refractivity contribution in [3.05, 3.63) is 53.0 Å². The van der Waals surface area contributed by atoms with Crippen LogP contribution in [0.2, 0.25) is 0 Å². The van der Waals surface area contributed by atoms with Gasteiger partial charge in [0.25, 0.3) is 0 Å². The second-order valence-corrected chi connectivity index (χ2v) is 6.70. The van der Waals surface area contributed by atoms with Gasteiger partial charge < -0.3 is 0 Å². The summed E-state index contributed by atoms with van der Waals surface area (Å²) in [6, 6.07) is 10.8. The Hall–Kier alpha value is -0.781. The Labute approximate surface area is 112 Å². The van der Waals surface area contributed by atoms with Crippen molar-refractivity contribution in [1.82, 2.24) is 0 Å². The van der Waals surface area contributed by atoms with Crippen LogP contribution in [0.4, 0.5) is 0 Å². The van der Waals surface area contributed by atoms with Crippen molar-refractivity contribution in [2.24, 2.45) is 0 Å². The summed E-state index contributed by atoms with van der Waals surface area (Å²) in [5.41, 5.74) is 1.29. The molecule has 1 rings (SSSR count). The first-order chi connectivity index (χ1) is 8.26. The van der Waals surface area contributed by atoms with E-state index in [9.17, 15) is 0 Å². The summed E-state index contributed by atoms with van der Waals surface area (Å²) in [6.07, 6.45) is 7.07. The molecule has 0 bridgehead atoms. The minimum absolute atomic E-state index is 0.466. The van der Waals surface area contributed by atoms with E-state index in [4.69, 9.17) is 0 Å². The monoisotopic (exact) mass is 294 g/mol. The molecule has 0 spiro atoms. The predicted octanol–water partition coefficient (Wildman–Crippen LogP) is 4.06. The minimum atomic E-state index is 0.466. The van der Waals surface area contributed by atoms with E-state index in [1.54, 1.807) is 4.47 Å². The van der Waals surface area contributed by atoms with Gasteiger partial charge in [-0.25, -0.2) is 0 Å². The molecule has 0 amide bonds. The van der Waals surface area contributed by atoms with E-state index in [0.29, 0.717) is 15.0 Å². The van der Waals surface area contributed by atoms with Crippen molar-refractivity contribution in [2.75, 3.05) is 0 Å². The average molecular weight is 293 g/mol. The molecule has 92 valence electrons. The standard InChI is InChI=1S/C16H22Se/c1-4-9-14(3)13-16(10-5-2)17-15-11-7-6-8-12-15/h6-8,11-13H,3-5,9-10H2,1-2H3/b16-13+. The number of allylic oxidation sites excluding steroid dienone is 3. The summed E-state index contributed by atoms with van der Waals surface area (Å²) in [6.45, 7) is 8.60. The van der Waals surface area contributed by atoms with E-state index in [2.05, 4.69) is 56.8 Å². The molecule has 0 radical (unpaired) electrons. The number of benzene rings is 1. The Balaban J connectivity index is 2.69. The topological polar surface area (TPSA) is 0 Å². The molecular formula is C16H22Se. The van der Waals surface area contributed by atoms with Crippen LogP contribution in [0.25, 0.3) is 0 Å². The van der Waals surface area contributed by atoms with Crippen molar-refractivity contribution in [3.63, 3.8) is 0 Å². The first-order valence-electron chi connectivity index (χ1n) is 6.37. The molecule has 1 aromatic rings. The molecule has 0 aliphatic carbocycles. The van der Waals surface area contributed by atoms with Crippen LogP contribution in [0, 0.1) is 0 Å². The van der Waals surface area contributed by atoms with Crippen LogP contribution in [0.3, 0.4) is 0 Å². The summed E-state index contributed by atoms with van der Waals surface area (Å²) in [5.74, 6) is 0. The zero-order valence-electron chi connectivity index (χ0n) is 10.9. The molecule has 0 N–H and O–H groups in total. The first-order valence-corrected chi connectivity index (χ1v) is 8.08. The van der Waals surface area contributed by atoms with Crippen LogP contribution in [0.5, 0.6) is 0 Å². The van der Waals surface area contributed by atoms with Gasteiger partial charge in [0.1, 0.15) is 0 Å². The van der Waals surface area contributed by atoms with Gasteiger partial charge in [0.15, 0.2) is 0 Å². The van der Waals surface area contributed by atoms with Gasteiger partial charge in [-0.15, -0.1) is 0 Å². The van der Waals surface area contributed by atoms with Gasteiger partial charge in [0.2, 0.25) is 0 Å². The van der Waals surface area contributed by atoms with E-state index < -0.39 is 0 Å². The van der Waals surface area contributed by atoms with E-state index in [-0.39, 0.29) is 0 Å². The van der Waals surface area contributed by atoms with Gasteiger partial charge in [-0.05, 0) is 0 Å². The number of hydrogen-bond acceptors (Lipinski definition) is 0. The van der Waals surface area contributed by atoms with E-state index in [0.717, 1.165) is 6.42 Å². The number of rotatable bonds is 7. The summed E-state index contributed by atoms with van der Waals surface area (Å²) in [4.78, 5) is 0. The average Bonchev–Trinajstić information content (AvgIpc) is 2.31. The summed E-state index contributed by atoms with van der Waals surface area (Å²) >= 11 is 0.466. The fourth-order valence-electron chi connectivity index (χ4n) is 1.66. The second-order valence-electron chi connectivity index (χ2n) is 4.18. The normalized spacial score (nSPS) is 11.5. The van der Waals surface area contributed by atoms with Gasteiger partial charge in [0, 0.05) is 0 Å². The van der Waals surface area contributed by atoms with Crippen LogP contribution >= 0.6 is 0 Å². The maximum atomic E-state index is 4.14. The van der Waals surface area contributed by atoms with Crippen LogP contribution in [-0.4, -0.2) is 15.0 Å². The van der Waals surface area contributed by atoms with Crippen LogP contribution in [0.1, 0.15) is 39.5 Å². The fraction of sp³-hybridized carbons (Fsp3) is 0.375. The van der Waals surface area contributed by atoms with Crippen LogP contribution < -0.4 is 4.46 Å². The van der Waals surface area contributed by atoms with E-state index in [1.165, 1.54) is 29.3 Å². The Kier molecular flexibility index (Phi) is 7.00. The Morgan fingerprint density at radius 3 is 2.35 bits per heavy atom. The quantitative estimate of drug-likeness (QED) is 0.525. The SMILES string of the molecule is C=C(/C=C(\CCC)[Se]c1ccccc1)CCC. The third kappa shape index (κ3) is 5.91. The molecule has 0 atom stereocenters. The third-order valence-corrected chi connectivity index (χ3v) is 4.72. The van der Waals surface area contributed by atoms with Gasteiger partial charge >= 0.3 is 112 Å². The second kappa shape index (κ2) is 8.33. The molecule has 0 saturated carbocycles. The van der Waals surface area contributed by atoms with Gasteiger partial charge in [-0.1, -0.05) is 0 Å². The predicted molar refractivity (Wildman–Crippen MR) is 78.9 cm³/mol. The van der Waals surface area contributed by atoms with Crippen molar-refractivity contribution < 1.29 is 0 Å². The maximum absolute atomic E-state index is 4.14.